The molecule has 3 rings (SSSR count). The first kappa shape index (κ1) is 22.1. The van der Waals surface area contributed by atoms with Crippen LogP contribution in [0.1, 0.15) is 16.7 Å². The molecular weight excluding hydrogens is 413 g/mol. The van der Waals surface area contributed by atoms with Gasteiger partial charge < -0.3 is 5.32 Å². The summed E-state index contributed by atoms with van der Waals surface area (Å²) in [4.78, 5) is -0.118. The number of hydrogen-bond acceptors (Lipinski definition) is 3. The summed E-state index contributed by atoms with van der Waals surface area (Å²) in [6, 6.07) is 13.6. The Balaban J connectivity index is 1.84. The van der Waals surface area contributed by atoms with Crippen LogP contribution >= 0.6 is 0 Å². The van der Waals surface area contributed by atoms with Gasteiger partial charge in [0.05, 0.1) is 4.90 Å². The summed E-state index contributed by atoms with van der Waals surface area (Å²) in [5.74, 6) is 0. The van der Waals surface area contributed by atoms with Crippen molar-refractivity contribution in [3.63, 3.8) is 0 Å². The van der Waals surface area contributed by atoms with Crippen molar-refractivity contribution in [2.75, 3.05) is 11.9 Å². The fourth-order valence-corrected chi connectivity index (χ4v) is 5.26. The van der Waals surface area contributed by atoms with Gasteiger partial charge in [-0.15, -0.1) is 0 Å². The lowest BCUT2D eigenvalue weighted by atomic mass is 10.1. The standard InChI is InChI=1S/C22H23F3N2O2S/c1-14-10-15(2)21(16(3)11-14)30(28,29)27-20(22(23,24)25)13-26-19-9-8-17-6-4-5-7-18(17)12-19/h4-12,20,26-27H,13H2,1-3H3. The highest BCUT2D eigenvalue weighted by molar-refractivity contribution is 7.89. The van der Waals surface area contributed by atoms with Gasteiger partial charge in [-0.1, -0.05) is 48.0 Å². The molecule has 1 atom stereocenters. The van der Waals surface area contributed by atoms with E-state index >= 15 is 0 Å². The minimum absolute atomic E-state index is 0.118. The Morgan fingerprint density at radius 1 is 0.900 bits per heavy atom. The van der Waals surface area contributed by atoms with E-state index in [1.165, 1.54) is 0 Å². The SMILES string of the molecule is Cc1cc(C)c(S(=O)(=O)NC(CNc2ccc3ccccc3c2)C(F)(F)F)c(C)c1. The molecule has 8 heteroatoms. The van der Waals surface area contributed by atoms with Crippen LogP contribution in [0.3, 0.4) is 0 Å². The fourth-order valence-electron chi connectivity index (χ4n) is 3.58. The molecule has 2 N–H and O–H groups in total. The molecule has 0 saturated carbocycles. The topological polar surface area (TPSA) is 58.2 Å². The second-order valence-electron chi connectivity index (χ2n) is 7.39. The second-order valence-corrected chi connectivity index (χ2v) is 9.04. The van der Waals surface area contributed by atoms with E-state index in [0.717, 1.165) is 16.3 Å². The van der Waals surface area contributed by atoms with Crippen LogP contribution in [0.5, 0.6) is 0 Å². The molecule has 0 aliphatic rings. The maximum atomic E-state index is 13.6. The maximum Gasteiger partial charge on any atom is 0.406 e. The predicted molar refractivity (Wildman–Crippen MR) is 113 cm³/mol. The van der Waals surface area contributed by atoms with Crippen molar-refractivity contribution in [2.24, 2.45) is 0 Å². The molecule has 0 radical (unpaired) electrons. The molecular formula is C22H23F3N2O2S. The van der Waals surface area contributed by atoms with Crippen LogP contribution in [0, 0.1) is 20.8 Å². The van der Waals surface area contributed by atoms with Crippen LogP contribution in [-0.4, -0.2) is 27.2 Å². The maximum absolute atomic E-state index is 13.6. The summed E-state index contributed by atoms with van der Waals surface area (Å²) in [6.45, 7) is 4.32. The third-order valence-electron chi connectivity index (χ3n) is 4.83. The number of alkyl halides is 3. The number of benzene rings is 3. The van der Waals surface area contributed by atoms with Crippen LogP contribution in [0.15, 0.2) is 59.5 Å². The van der Waals surface area contributed by atoms with Crippen LogP contribution in [0.2, 0.25) is 0 Å². The Labute approximate surface area is 174 Å². The molecule has 3 aromatic rings. The van der Waals surface area contributed by atoms with Crippen molar-refractivity contribution in [1.82, 2.24) is 4.72 Å². The lowest BCUT2D eigenvalue weighted by Crippen LogP contribution is -2.49. The lowest BCUT2D eigenvalue weighted by molar-refractivity contribution is -0.148. The second kappa shape index (κ2) is 8.28. The summed E-state index contributed by atoms with van der Waals surface area (Å²) >= 11 is 0. The van der Waals surface area contributed by atoms with Gasteiger partial charge in [0, 0.05) is 12.2 Å². The summed E-state index contributed by atoms with van der Waals surface area (Å²) in [5, 5.41) is 4.54. The molecule has 30 heavy (non-hydrogen) atoms. The van der Waals surface area contributed by atoms with Gasteiger partial charge in [-0.25, -0.2) is 8.42 Å². The third kappa shape index (κ3) is 4.94. The molecule has 0 heterocycles. The summed E-state index contributed by atoms with van der Waals surface area (Å²) < 4.78 is 68.3. The Bertz CT molecular complexity index is 1150. The van der Waals surface area contributed by atoms with E-state index in [4.69, 9.17) is 0 Å². The zero-order chi connectivity index (χ0) is 22.1. The van der Waals surface area contributed by atoms with Crippen LogP contribution in [-0.2, 0) is 10.0 Å². The highest BCUT2D eigenvalue weighted by atomic mass is 32.2. The molecule has 0 saturated heterocycles. The number of sulfonamides is 1. The molecule has 0 aliphatic carbocycles. The predicted octanol–water partition coefficient (Wildman–Crippen LogP) is 5.09. The van der Waals surface area contributed by atoms with E-state index in [1.54, 1.807) is 51.1 Å². The number of aryl methyl sites for hydroxylation is 3. The zero-order valence-corrected chi connectivity index (χ0v) is 17.7. The van der Waals surface area contributed by atoms with E-state index < -0.39 is 28.8 Å². The van der Waals surface area contributed by atoms with Crippen LogP contribution in [0.25, 0.3) is 10.8 Å². The van der Waals surface area contributed by atoms with Crippen molar-refractivity contribution in [3.05, 3.63) is 71.3 Å². The number of rotatable bonds is 6. The van der Waals surface area contributed by atoms with Crippen LogP contribution in [0.4, 0.5) is 18.9 Å². The van der Waals surface area contributed by atoms with Crippen molar-refractivity contribution >= 4 is 26.5 Å². The van der Waals surface area contributed by atoms with Crippen molar-refractivity contribution < 1.29 is 21.6 Å². The molecule has 0 spiro atoms. The monoisotopic (exact) mass is 436 g/mol. The van der Waals surface area contributed by atoms with Gasteiger partial charge in [0.25, 0.3) is 0 Å². The summed E-state index contributed by atoms with van der Waals surface area (Å²) in [5.41, 5.74) is 2.13. The number of anilines is 1. The summed E-state index contributed by atoms with van der Waals surface area (Å²) in [6.07, 6.45) is -4.76. The third-order valence-corrected chi connectivity index (χ3v) is 6.60. The van der Waals surface area contributed by atoms with Crippen molar-refractivity contribution in [3.8, 4) is 0 Å². The average molecular weight is 436 g/mol. The van der Waals surface area contributed by atoms with Gasteiger partial charge in [-0.3, -0.25) is 0 Å². The van der Waals surface area contributed by atoms with E-state index in [1.807, 2.05) is 29.0 Å². The van der Waals surface area contributed by atoms with Gasteiger partial charge in [-0.05, 0) is 54.8 Å². The minimum Gasteiger partial charge on any atom is -0.383 e. The Hall–Kier alpha value is -2.58. The van der Waals surface area contributed by atoms with E-state index in [0.29, 0.717) is 16.8 Å². The van der Waals surface area contributed by atoms with Gasteiger partial charge in [-0.2, -0.15) is 17.9 Å². The van der Waals surface area contributed by atoms with Crippen LogP contribution < -0.4 is 10.0 Å². The Morgan fingerprint density at radius 3 is 2.10 bits per heavy atom. The largest absolute Gasteiger partial charge is 0.406 e. The van der Waals surface area contributed by atoms with Crippen molar-refractivity contribution in [2.45, 2.75) is 37.9 Å². The van der Waals surface area contributed by atoms with Gasteiger partial charge in [0.15, 0.2) is 0 Å². The Morgan fingerprint density at radius 2 is 1.50 bits per heavy atom. The molecule has 4 nitrogen and oxygen atoms in total. The molecule has 1 unspecified atom stereocenters. The Kier molecular flexibility index (Phi) is 6.10. The fraction of sp³-hybridized carbons (Fsp3) is 0.273. The first-order valence-electron chi connectivity index (χ1n) is 9.37. The van der Waals surface area contributed by atoms with E-state index in [9.17, 15) is 21.6 Å². The molecule has 160 valence electrons. The highest BCUT2D eigenvalue weighted by Gasteiger charge is 2.42. The highest BCUT2D eigenvalue weighted by Crippen LogP contribution is 2.26. The van der Waals surface area contributed by atoms with Gasteiger partial charge in [0.2, 0.25) is 10.0 Å². The van der Waals surface area contributed by atoms with Gasteiger partial charge in [0.1, 0.15) is 6.04 Å². The van der Waals surface area contributed by atoms with E-state index in [2.05, 4.69) is 5.32 Å². The molecule has 3 aromatic carbocycles. The van der Waals surface area contributed by atoms with Crippen molar-refractivity contribution in [1.29, 1.82) is 0 Å². The quantitative estimate of drug-likeness (QED) is 0.566. The van der Waals surface area contributed by atoms with Gasteiger partial charge >= 0.3 is 6.18 Å². The average Bonchev–Trinajstić information content (AvgIpc) is 2.63. The lowest BCUT2D eigenvalue weighted by Gasteiger charge is -2.23. The first-order valence-corrected chi connectivity index (χ1v) is 10.9. The normalized spacial score (nSPS) is 13.4. The molecule has 0 aromatic heterocycles. The molecule has 0 amide bonds. The smallest absolute Gasteiger partial charge is 0.383 e. The first-order chi connectivity index (χ1) is 14.0. The molecule has 0 fully saturated rings. The number of fused-ring (bicyclic) bond motifs is 1. The minimum atomic E-state index is -4.76. The number of hydrogen-bond donors (Lipinski definition) is 2. The number of halogens is 3. The zero-order valence-electron chi connectivity index (χ0n) is 16.8. The van der Waals surface area contributed by atoms with E-state index in [-0.39, 0.29) is 4.90 Å². The molecule has 0 bridgehead atoms. The number of nitrogens with one attached hydrogen (secondary N) is 2. The summed E-state index contributed by atoms with van der Waals surface area (Å²) in [7, 11) is -4.37. The molecule has 0 aliphatic heterocycles.